The summed E-state index contributed by atoms with van der Waals surface area (Å²) in [6.07, 6.45) is 4.32. The summed E-state index contributed by atoms with van der Waals surface area (Å²) >= 11 is 0. The van der Waals surface area contributed by atoms with E-state index in [2.05, 4.69) is 15.3 Å². The number of hydrazine groups is 1. The predicted octanol–water partition coefficient (Wildman–Crippen LogP) is -0.0750. The summed E-state index contributed by atoms with van der Waals surface area (Å²) in [6, 6.07) is 0.763. The van der Waals surface area contributed by atoms with Gasteiger partial charge < -0.3 is 11.1 Å². The van der Waals surface area contributed by atoms with Crippen LogP contribution in [0, 0.1) is 0 Å². The first kappa shape index (κ1) is 12.8. The second-order valence-electron chi connectivity index (χ2n) is 5.22. The molecule has 0 atom stereocenters. The fourth-order valence-electron chi connectivity index (χ4n) is 2.75. The van der Waals surface area contributed by atoms with Gasteiger partial charge in [0.05, 0.1) is 0 Å². The number of hydrogen-bond donors (Lipinski definition) is 2. The Kier molecular flexibility index (Phi) is 4.36. The van der Waals surface area contributed by atoms with Crippen LogP contribution in [0.4, 0.5) is 0 Å². The summed E-state index contributed by atoms with van der Waals surface area (Å²) in [6.45, 7) is 5.89. The molecule has 0 saturated carbocycles. The van der Waals surface area contributed by atoms with Crippen molar-refractivity contribution in [3.8, 4) is 0 Å². The van der Waals surface area contributed by atoms with Crippen LogP contribution in [-0.4, -0.2) is 54.2 Å². The monoisotopic (exact) mass is 240 g/mol. The molecule has 5 nitrogen and oxygen atoms in total. The molecular formula is C12H24N4O. The van der Waals surface area contributed by atoms with Gasteiger partial charge in [0.2, 0.25) is 5.91 Å². The number of nitrogens with one attached hydrogen (secondary N) is 1. The zero-order valence-corrected chi connectivity index (χ0v) is 10.7. The number of hydrogen-bond acceptors (Lipinski definition) is 4. The average molecular weight is 240 g/mol. The van der Waals surface area contributed by atoms with Crippen molar-refractivity contribution >= 4 is 5.91 Å². The van der Waals surface area contributed by atoms with E-state index in [0.29, 0.717) is 12.1 Å². The summed E-state index contributed by atoms with van der Waals surface area (Å²) in [5.74, 6) is 0.0902. The molecule has 0 aromatic carbocycles. The van der Waals surface area contributed by atoms with Crippen molar-refractivity contribution in [2.45, 2.75) is 44.7 Å². The van der Waals surface area contributed by atoms with E-state index >= 15 is 0 Å². The minimum absolute atomic E-state index is 0.0902. The number of rotatable bonds is 2. The number of nitrogens with zero attached hydrogens (tertiary/aromatic N) is 2. The second kappa shape index (κ2) is 5.80. The maximum atomic E-state index is 11.0. The van der Waals surface area contributed by atoms with Crippen molar-refractivity contribution in [2.24, 2.45) is 5.73 Å². The molecule has 5 heteroatoms. The Balaban J connectivity index is 1.73. The van der Waals surface area contributed by atoms with E-state index < -0.39 is 0 Å². The molecule has 2 heterocycles. The van der Waals surface area contributed by atoms with Crippen LogP contribution in [0.3, 0.4) is 0 Å². The SMILES string of the molecule is CC(=O)NC1CCN(N2CCC(N)CC2)CC1. The van der Waals surface area contributed by atoms with Crippen molar-refractivity contribution < 1.29 is 4.79 Å². The number of amides is 1. The van der Waals surface area contributed by atoms with E-state index in [-0.39, 0.29) is 5.91 Å². The van der Waals surface area contributed by atoms with Gasteiger partial charge in [0, 0.05) is 45.2 Å². The van der Waals surface area contributed by atoms with Gasteiger partial charge in [-0.2, -0.15) is 0 Å². The van der Waals surface area contributed by atoms with Gasteiger partial charge in [-0.1, -0.05) is 0 Å². The Morgan fingerprint density at radius 3 is 2.00 bits per heavy atom. The average Bonchev–Trinajstić information content (AvgIpc) is 2.30. The lowest BCUT2D eigenvalue weighted by Gasteiger charge is -2.42. The van der Waals surface area contributed by atoms with Crippen LogP contribution in [0.25, 0.3) is 0 Å². The first-order valence-electron chi connectivity index (χ1n) is 6.67. The van der Waals surface area contributed by atoms with Crippen LogP contribution in [0.2, 0.25) is 0 Å². The zero-order chi connectivity index (χ0) is 12.3. The van der Waals surface area contributed by atoms with E-state index in [1.54, 1.807) is 6.92 Å². The summed E-state index contributed by atoms with van der Waals surface area (Å²) in [4.78, 5) is 11.0. The lowest BCUT2D eigenvalue weighted by molar-refractivity contribution is -0.120. The molecule has 2 fully saturated rings. The molecule has 0 aromatic rings. The van der Waals surface area contributed by atoms with E-state index in [1.165, 1.54) is 0 Å². The number of carbonyl (C=O) groups excluding carboxylic acids is 1. The number of carbonyl (C=O) groups is 1. The molecule has 0 spiro atoms. The van der Waals surface area contributed by atoms with Crippen molar-refractivity contribution in [1.29, 1.82) is 0 Å². The van der Waals surface area contributed by atoms with E-state index in [4.69, 9.17) is 5.73 Å². The van der Waals surface area contributed by atoms with Crippen LogP contribution in [-0.2, 0) is 4.79 Å². The molecule has 0 aromatic heterocycles. The lowest BCUT2D eigenvalue weighted by Crippen LogP contribution is -2.54. The Bertz CT molecular complexity index is 255. The molecule has 2 aliphatic heterocycles. The molecule has 2 saturated heterocycles. The molecule has 2 rings (SSSR count). The first-order valence-corrected chi connectivity index (χ1v) is 6.67. The Morgan fingerprint density at radius 1 is 1.06 bits per heavy atom. The van der Waals surface area contributed by atoms with Gasteiger partial charge in [-0.15, -0.1) is 0 Å². The van der Waals surface area contributed by atoms with Crippen molar-refractivity contribution in [2.75, 3.05) is 26.2 Å². The number of nitrogens with two attached hydrogens (primary N) is 1. The molecule has 17 heavy (non-hydrogen) atoms. The molecule has 1 amide bonds. The predicted molar refractivity (Wildman–Crippen MR) is 67.2 cm³/mol. The van der Waals surface area contributed by atoms with Crippen LogP contribution < -0.4 is 11.1 Å². The highest BCUT2D eigenvalue weighted by molar-refractivity contribution is 5.73. The molecule has 2 aliphatic rings. The second-order valence-corrected chi connectivity index (χ2v) is 5.22. The van der Waals surface area contributed by atoms with Gasteiger partial charge in [-0.3, -0.25) is 4.79 Å². The minimum atomic E-state index is 0.0902. The third-order valence-electron chi connectivity index (χ3n) is 3.79. The molecule has 0 unspecified atom stereocenters. The summed E-state index contributed by atoms with van der Waals surface area (Å²) in [5.41, 5.74) is 5.91. The first-order chi connectivity index (χ1) is 8.15. The molecule has 0 radical (unpaired) electrons. The van der Waals surface area contributed by atoms with Gasteiger partial charge in [-0.25, -0.2) is 10.0 Å². The summed E-state index contributed by atoms with van der Waals surface area (Å²) in [5, 5.41) is 7.88. The Morgan fingerprint density at radius 2 is 1.53 bits per heavy atom. The normalized spacial score (nSPS) is 26.0. The largest absolute Gasteiger partial charge is 0.354 e. The number of piperidine rings is 2. The third-order valence-corrected chi connectivity index (χ3v) is 3.79. The third kappa shape index (κ3) is 3.66. The summed E-state index contributed by atoms with van der Waals surface area (Å²) < 4.78 is 0. The van der Waals surface area contributed by atoms with Crippen LogP contribution in [0.15, 0.2) is 0 Å². The van der Waals surface area contributed by atoms with Crippen LogP contribution >= 0.6 is 0 Å². The summed E-state index contributed by atoms with van der Waals surface area (Å²) in [7, 11) is 0. The van der Waals surface area contributed by atoms with Gasteiger partial charge in [0.15, 0.2) is 0 Å². The minimum Gasteiger partial charge on any atom is -0.354 e. The Hall–Kier alpha value is -0.650. The molecule has 3 N–H and O–H groups in total. The van der Waals surface area contributed by atoms with Gasteiger partial charge >= 0.3 is 0 Å². The highest BCUT2D eigenvalue weighted by Crippen LogP contribution is 2.17. The molecule has 0 aliphatic carbocycles. The topological polar surface area (TPSA) is 61.6 Å². The lowest BCUT2D eigenvalue weighted by atomic mass is 10.0. The maximum Gasteiger partial charge on any atom is 0.217 e. The van der Waals surface area contributed by atoms with Crippen LogP contribution in [0.5, 0.6) is 0 Å². The van der Waals surface area contributed by atoms with E-state index in [1.807, 2.05) is 0 Å². The van der Waals surface area contributed by atoms with Crippen molar-refractivity contribution in [1.82, 2.24) is 15.3 Å². The van der Waals surface area contributed by atoms with Gasteiger partial charge in [0.1, 0.15) is 0 Å². The van der Waals surface area contributed by atoms with Gasteiger partial charge in [-0.05, 0) is 25.7 Å². The molecule has 98 valence electrons. The molecule has 0 bridgehead atoms. The smallest absolute Gasteiger partial charge is 0.217 e. The Labute approximate surface area is 103 Å². The van der Waals surface area contributed by atoms with Crippen molar-refractivity contribution in [3.63, 3.8) is 0 Å². The van der Waals surface area contributed by atoms with Crippen LogP contribution in [0.1, 0.15) is 32.6 Å². The highest BCUT2D eigenvalue weighted by Gasteiger charge is 2.26. The fraction of sp³-hybridized carbons (Fsp3) is 0.917. The van der Waals surface area contributed by atoms with E-state index in [0.717, 1.165) is 51.9 Å². The van der Waals surface area contributed by atoms with E-state index in [9.17, 15) is 4.79 Å². The standard InChI is InChI=1S/C12H24N4O/c1-10(17)14-12-4-8-16(9-5-12)15-6-2-11(13)3-7-15/h11-12H,2-9,13H2,1H3,(H,14,17). The van der Waals surface area contributed by atoms with Gasteiger partial charge in [0.25, 0.3) is 0 Å². The highest BCUT2D eigenvalue weighted by atomic mass is 16.1. The quantitative estimate of drug-likeness (QED) is 0.709. The fourth-order valence-corrected chi connectivity index (χ4v) is 2.75. The van der Waals surface area contributed by atoms with Crippen molar-refractivity contribution in [3.05, 3.63) is 0 Å². The molecular weight excluding hydrogens is 216 g/mol. The zero-order valence-electron chi connectivity index (χ0n) is 10.7. The maximum absolute atomic E-state index is 11.0.